The summed E-state index contributed by atoms with van der Waals surface area (Å²) in [7, 11) is 0. The number of rotatable bonds is 5. The third-order valence-corrected chi connectivity index (χ3v) is 9.31. The molecule has 0 aliphatic heterocycles. The van der Waals surface area contributed by atoms with Gasteiger partial charge in [-0.3, -0.25) is 0 Å². The van der Waals surface area contributed by atoms with E-state index in [1.807, 2.05) is 57.2 Å². The van der Waals surface area contributed by atoms with Crippen LogP contribution in [0.5, 0.6) is 0 Å². The van der Waals surface area contributed by atoms with Crippen molar-refractivity contribution in [2.75, 3.05) is 0 Å². The first-order chi connectivity index (χ1) is 29.0. The first kappa shape index (κ1) is 32.6. The fourth-order valence-corrected chi connectivity index (χ4v) is 6.43. The van der Waals surface area contributed by atoms with Crippen molar-refractivity contribution in [3.05, 3.63) is 143 Å². The number of fused-ring (bicyclic) bond motifs is 3. The van der Waals surface area contributed by atoms with E-state index in [0.717, 1.165) is 16.8 Å². The van der Waals surface area contributed by atoms with E-state index in [-0.39, 0.29) is 59.1 Å². The predicted molar refractivity (Wildman–Crippen MR) is 224 cm³/mol. The average molecular weight is 935 g/mol. The fourth-order valence-electron chi connectivity index (χ4n) is 6.43. The molecule has 3 heterocycles. The molecule has 0 bridgehead atoms. The molecule has 7 rings (SSSR count). The molecular weight excluding hydrogens is 875 g/mol. The Labute approximate surface area is 356 Å². The summed E-state index contributed by atoms with van der Waals surface area (Å²) >= 11 is 0. The fraction of sp³-hybridized carbons (Fsp3) is 0.320. The maximum absolute atomic E-state index is 16.0. The second kappa shape index (κ2) is 16.2. The van der Waals surface area contributed by atoms with Crippen molar-refractivity contribution in [3.63, 3.8) is 0 Å². The Morgan fingerprint density at radius 1 is 0.696 bits per heavy atom. The third kappa shape index (κ3) is 8.88. The number of furan rings is 1. The van der Waals surface area contributed by atoms with Crippen LogP contribution >= 0.6 is 0 Å². The number of halogens is 2. The molecule has 0 saturated heterocycles. The minimum absolute atomic E-state index is 0. The van der Waals surface area contributed by atoms with Crippen LogP contribution in [0.25, 0.3) is 55.6 Å². The molecule has 3 nitrogen and oxygen atoms in total. The zero-order valence-electron chi connectivity index (χ0n) is 41.2. The largest absolute Gasteiger partial charge is 0.500 e. The smallest absolute Gasteiger partial charge is 0.278 e. The van der Waals surface area contributed by atoms with E-state index in [1.54, 1.807) is 63.2 Å². The Morgan fingerprint density at radius 3 is 1.98 bits per heavy atom. The Morgan fingerprint density at radius 2 is 1.36 bits per heavy atom. The van der Waals surface area contributed by atoms with E-state index in [0.29, 0.717) is 33.0 Å². The van der Waals surface area contributed by atoms with E-state index in [4.69, 9.17) is 15.4 Å². The van der Waals surface area contributed by atoms with Crippen LogP contribution < -0.4 is 0 Å². The molecule has 0 spiro atoms. The van der Waals surface area contributed by atoms with E-state index in [9.17, 15) is 0 Å². The van der Waals surface area contributed by atoms with Crippen molar-refractivity contribution >= 4 is 21.9 Å². The van der Waals surface area contributed by atoms with Crippen molar-refractivity contribution < 1.29 is 44.3 Å². The topological polar surface area (TPSA) is 38.9 Å². The van der Waals surface area contributed by atoms with E-state index < -0.39 is 36.8 Å². The van der Waals surface area contributed by atoms with Crippen LogP contribution in [0, 0.1) is 36.7 Å². The molecule has 0 aliphatic rings. The molecule has 1 radical (unpaired) electrons. The number of nitrogens with zero attached hydrogens (tertiary/aromatic N) is 2. The van der Waals surface area contributed by atoms with Crippen molar-refractivity contribution in [3.8, 4) is 33.6 Å². The SMILES string of the molecule is [2H]C([2H])([2H])c1cnc(-c2[c-]ccc3c2oc2c(-c4ccccc4)c(C(F)(F)C(C)(C)C)ccc23)cc1C([2H])([2H])C(C)(C)C.[2H]C([2H])([2H])c1cnc(-c2[c-]cccc2)cc1C(C)(C)C.[Ir]. The van der Waals surface area contributed by atoms with Crippen LogP contribution in [0.1, 0.15) is 101 Å². The van der Waals surface area contributed by atoms with Gasteiger partial charge in [0.05, 0.1) is 5.58 Å². The quantitative estimate of drug-likeness (QED) is 0.161. The zero-order valence-corrected chi connectivity index (χ0v) is 35.6. The molecule has 293 valence electrons. The monoisotopic (exact) mass is 935 g/mol. The molecule has 4 aromatic carbocycles. The predicted octanol–water partition coefficient (Wildman–Crippen LogP) is 14.3. The number of benzene rings is 4. The molecule has 7 aromatic rings. The summed E-state index contributed by atoms with van der Waals surface area (Å²) in [5.74, 6) is -3.19. The van der Waals surface area contributed by atoms with Gasteiger partial charge in [-0.15, -0.1) is 54.1 Å². The normalized spacial score (nSPS) is 15.1. The van der Waals surface area contributed by atoms with Crippen molar-refractivity contribution in [1.29, 1.82) is 0 Å². The first-order valence-corrected chi connectivity index (χ1v) is 18.3. The van der Waals surface area contributed by atoms with E-state index in [1.165, 1.54) is 45.3 Å². The molecule has 0 fully saturated rings. The maximum Gasteiger partial charge on any atom is 0.278 e. The molecule has 0 atom stereocenters. The number of aromatic nitrogens is 2. The molecular formula is C50H52F2IrN2O-2. The summed E-state index contributed by atoms with van der Waals surface area (Å²) in [4.78, 5) is 8.72. The van der Waals surface area contributed by atoms with Gasteiger partial charge in [0.15, 0.2) is 0 Å². The Balaban J connectivity index is 0.000000308. The number of hydrogen-bond acceptors (Lipinski definition) is 3. The minimum Gasteiger partial charge on any atom is -0.500 e. The molecule has 0 unspecified atom stereocenters. The summed E-state index contributed by atoms with van der Waals surface area (Å²) in [6, 6.07) is 32.6. The summed E-state index contributed by atoms with van der Waals surface area (Å²) in [5, 5.41) is 1.27. The zero-order chi connectivity index (χ0) is 46.7. The Kier molecular flexibility index (Phi) is 9.39. The van der Waals surface area contributed by atoms with Gasteiger partial charge in [-0.1, -0.05) is 133 Å². The molecule has 6 heteroatoms. The van der Waals surface area contributed by atoms with Gasteiger partial charge in [0.25, 0.3) is 5.92 Å². The third-order valence-electron chi connectivity index (χ3n) is 9.31. The summed E-state index contributed by atoms with van der Waals surface area (Å²) in [6.07, 6.45) is 0.641. The second-order valence-electron chi connectivity index (χ2n) is 16.9. The van der Waals surface area contributed by atoms with E-state index in [2.05, 4.69) is 22.1 Å². The van der Waals surface area contributed by atoms with Crippen LogP contribution in [0.3, 0.4) is 0 Å². The van der Waals surface area contributed by atoms with Gasteiger partial charge in [-0.05, 0) is 64.5 Å². The van der Waals surface area contributed by atoms with Crippen LogP contribution in [0.2, 0.25) is 0 Å². The number of pyridine rings is 2. The van der Waals surface area contributed by atoms with Crippen molar-refractivity contribution in [2.45, 2.75) is 93.7 Å². The molecule has 0 amide bonds. The van der Waals surface area contributed by atoms with Crippen LogP contribution in [0.4, 0.5) is 8.78 Å². The molecule has 3 aromatic heterocycles. The van der Waals surface area contributed by atoms with Gasteiger partial charge in [0.1, 0.15) is 5.58 Å². The second-order valence-corrected chi connectivity index (χ2v) is 16.9. The molecule has 0 aliphatic carbocycles. The summed E-state index contributed by atoms with van der Waals surface area (Å²) < 4.78 is 103. The van der Waals surface area contributed by atoms with E-state index >= 15 is 8.78 Å². The van der Waals surface area contributed by atoms with Gasteiger partial charge in [0.2, 0.25) is 0 Å². The van der Waals surface area contributed by atoms with Crippen molar-refractivity contribution in [2.24, 2.45) is 10.8 Å². The minimum atomic E-state index is -3.19. The average Bonchev–Trinajstić information content (AvgIpc) is 3.58. The van der Waals surface area contributed by atoms with Gasteiger partial charge in [-0.25, -0.2) is 8.78 Å². The van der Waals surface area contributed by atoms with Crippen molar-refractivity contribution in [1.82, 2.24) is 9.97 Å². The number of hydrogen-bond donors (Lipinski definition) is 0. The standard InChI is InChI=1S/C34H34F2NO.C16H18N.Ir/c1-21-20-37-28(18-23(21)19-32(2,3)4)26-15-11-14-24-25-16-17-27(34(35,36)33(5,6)7)29(31(25)38-30(24)26)22-12-9-8-10-13-22;1-12-11-17-15(10-14(12)16(2,3)4)13-8-6-5-7-9-13;/h8-14,16-18,20H,19H2,1-7H3;5-8,10-11H,1-4H3;/q2*-1;/i1D3,19D2;1D3;. The van der Waals surface area contributed by atoms with Gasteiger partial charge >= 0.3 is 0 Å². The van der Waals surface area contributed by atoms with Crippen LogP contribution in [-0.4, -0.2) is 9.97 Å². The van der Waals surface area contributed by atoms with Crippen LogP contribution in [-0.2, 0) is 37.8 Å². The first-order valence-electron chi connectivity index (χ1n) is 22.3. The van der Waals surface area contributed by atoms with Crippen LogP contribution in [0.15, 0.2) is 108 Å². The molecule has 0 N–H and O–H groups in total. The van der Waals surface area contributed by atoms with Gasteiger partial charge < -0.3 is 14.4 Å². The maximum atomic E-state index is 16.0. The Hall–Kier alpha value is -4.51. The number of alkyl halides is 2. The Bertz CT molecular complexity index is 2770. The molecule has 0 saturated carbocycles. The summed E-state index contributed by atoms with van der Waals surface area (Å²) in [6.45, 7) is 10.9. The molecule has 56 heavy (non-hydrogen) atoms. The number of aryl methyl sites for hydroxylation is 2. The van der Waals surface area contributed by atoms with Gasteiger partial charge in [0, 0.05) is 65.4 Å². The van der Waals surface area contributed by atoms with Gasteiger partial charge in [-0.2, -0.15) is 0 Å². The summed E-state index contributed by atoms with van der Waals surface area (Å²) in [5.41, 5.74) is 2.01.